The average molecular weight is 284 g/mol. The smallest absolute Gasteiger partial charge is 0.333 e. The molecule has 1 N–H and O–H groups in total. The lowest BCUT2D eigenvalue weighted by Crippen LogP contribution is -2.31. The summed E-state index contributed by atoms with van der Waals surface area (Å²) in [4.78, 5) is 49.5. The Morgan fingerprint density at radius 3 is 2.40 bits per heavy atom. The number of hydrogen-bond donors (Lipinski definition) is 1. The number of imide groups is 1. The second-order valence-electron chi connectivity index (χ2n) is 4.56. The topological polar surface area (TPSA) is 92.8 Å². The first-order valence-corrected chi connectivity index (χ1v) is 6.88. The van der Waals surface area contributed by atoms with Gasteiger partial charge in [-0.2, -0.15) is 0 Å². The number of carbonyl (C=O) groups excluding carboxylic acids is 4. The lowest BCUT2D eigenvalue weighted by atomic mass is 10.2. The predicted molar refractivity (Wildman–Crippen MR) is 68.9 cm³/mol. The molecule has 0 spiro atoms. The minimum Gasteiger partial charge on any atom is -0.356 e. The van der Waals surface area contributed by atoms with Crippen molar-refractivity contribution < 1.29 is 24.0 Å². The number of unbranched alkanes of at least 4 members (excludes halogenated alkanes) is 2. The van der Waals surface area contributed by atoms with E-state index in [2.05, 4.69) is 5.32 Å². The lowest BCUT2D eigenvalue weighted by Gasteiger charge is -2.12. The Labute approximate surface area is 117 Å². The van der Waals surface area contributed by atoms with Gasteiger partial charge in [-0.15, -0.1) is 5.06 Å². The largest absolute Gasteiger partial charge is 0.356 e. The standard InChI is InChI=1S/C13H20N2O5/c1-2-10(16)14-9-5-3-4-6-13(19)20-15-11(17)7-8-12(15)18/h2-9H2,1H3,(H,14,16). The van der Waals surface area contributed by atoms with E-state index in [-0.39, 0.29) is 25.2 Å². The zero-order valence-electron chi connectivity index (χ0n) is 11.6. The molecule has 112 valence electrons. The van der Waals surface area contributed by atoms with Crippen LogP contribution in [-0.4, -0.2) is 35.3 Å². The third kappa shape index (κ3) is 5.38. The van der Waals surface area contributed by atoms with Crippen molar-refractivity contribution in [3.63, 3.8) is 0 Å². The van der Waals surface area contributed by atoms with Crippen LogP contribution in [-0.2, 0) is 24.0 Å². The number of carbonyl (C=O) groups is 4. The molecule has 1 heterocycles. The Morgan fingerprint density at radius 1 is 1.15 bits per heavy atom. The summed E-state index contributed by atoms with van der Waals surface area (Å²) in [5.41, 5.74) is 0. The van der Waals surface area contributed by atoms with Gasteiger partial charge in [0.15, 0.2) is 0 Å². The fourth-order valence-electron chi connectivity index (χ4n) is 1.73. The number of rotatable bonds is 8. The van der Waals surface area contributed by atoms with Crippen LogP contribution < -0.4 is 5.32 Å². The highest BCUT2D eigenvalue weighted by Crippen LogP contribution is 2.13. The van der Waals surface area contributed by atoms with Crippen LogP contribution >= 0.6 is 0 Å². The van der Waals surface area contributed by atoms with E-state index in [4.69, 9.17) is 4.84 Å². The Morgan fingerprint density at radius 2 is 1.80 bits per heavy atom. The van der Waals surface area contributed by atoms with Crippen LogP contribution in [0.15, 0.2) is 0 Å². The first kappa shape index (κ1) is 16.1. The molecule has 1 fully saturated rings. The molecule has 3 amide bonds. The third-order valence-corrected chi connectivity index (χ3v) is 2.90. The van der Waals surface area contributed by atoms with Gasteiger partial charge in [0.05, 0.1) is 0 Å². The molecule has 0 aliphatic carbocycles. The molecule has 7 nitrogen and oxygen atoms in total. The molecule has 1 aliphatic rings. The fourth-order valence-corrected chi connectivity index (χ4v) is 1.73. The number of hydrogen-bond acceptors (Lipinski definition) is 5. The Kier molecular flexibility index (Phi) is 6.69. The zero-order chi connectivity index (χ0) is 15.0. The molecule has 1 aliphatic heterocycles. The van der Waals surface area contributed by atoms with Gasteiger partial charge in [-0.1, -0.05) is 13.3 Å². The highest BCUT2D eigenvalue weighted by Gasteiger charge is 2.32. The molecule has 1 saturated heterocycles. The highest BCUT2D eigenvalue weighted by atomic mass is 16.7. The summed E-state index contributed by atoms with van der Waals surface area (Å²) in [5, 5.41) is 3.30. The summed E-state index contributed by atoms with van der Waals surface area (Å²) in [6.07, 6.45) is 2.95. The van der Waals surface area contributed by atoms with Crippen molar-refractivity contribution in [2.24, 2.45) is 0 Å². The predicted octanol–water partition coefficient (Wildman–Crippen LogP) is 0.680. The van der Waals surface area contributed by atoms with Crippen molar-refractivity contribution in [2.75, 3.05) is 6.54 Å². The maximum absolute atomic E-state index is 11.4. The van der Waals surface area contributed by atoms with Gasteiger partial charge in [0, 0.05) is 32.2 Å². The van der Waals surface area contributed by atoms with E-state index >= 15 is 0 Å². The van der Waals surface area contributed by atoms with Crippen LogP contribution in [0.25, 0.3) is 0 Å². The molecule has 0 bridgehead atoms. The van der Waals surface area contributed by atoms with Gasteiger partial charge in [0.1, 0.15) is 0 Å². The number of amides is 3. The Hall–Kier alpha value is -1.92. The van der Waals surface area contributed by atoms with Crippen molar-refractivity contribution in [1.82, 2.24) is 10.4 Å². The fraction of sp³-hybridized carbons (Fsp3) is 0.692. The van der Waals surface area contributed by atoms with E-state index in [1.807, 2.05) is 0 Å². The van der Waals surface area contributed by atoms with E-state index < -0.39 is 17.8 Å². The summed E-state index contributed by atoms with van der Waals surface area (Å²) >= 11 is 0. The summed E-state index contributed by atoms with van der Waals surface area (Å²) in [5.74, 6) is -1.50. The average Bonchev–Trinajstić information content (AvgIpc) is 2.74. The van der Waals surface area contributed by atoms with E-state index in [1.54, 1.807) is 6.92 Å². The van der Waals surface area contributed by atoms with Gasteiger partial charge in [-0.3, -0.25) is 14.4 Å². The minimum atomic E-state index is -0.578. The molecule has 0 aromatic carbocycles. The molecule has 0 radical (unpaired) electrons. The van der Waals surface area contributed by atoms with Gasteiger partial charge >= 0.3 is 5.97 Å². The highest BCUT2D eigenvalue weighted by molar-refractivity contribution is 6.01. The molecule has 0 atom stereocenters. The van der Waals surface area contributed by atoms with Crippen LogP contribution in [0.1, 0.15) is 51.9 Å². The summed E-state index contributed by atoms with van der Waals surface area (Å²) in [6.45, 7) is 2.37. The quantitative estimate of drug-likeness (QED) is 0.522. The van der Waals surface area contributed by atoms with Gasteiger partial charge < -0.3 is 10.2 Å². The van der Waals surface area contributed by atoms with E-state index in [0.717, 1.165) is 12.8 Å². The molecular weight excluding hydrogens is 264 g/mol. The second-order valence-corrected chi connectivity index (χ2v) is 4.56. The molecule has 0 aromatic heterocycles. The van der Waals surface area contributed by atoms with E-state index in [9.17, 15) is 19.2 Å². The van der Waals surface area contributed by atoms with Gasteiger partial charge in [0.2, 0.25) is 5.91 Å². The second kappa shape index (κ2) is 8.29. The van der Waals surface area contributed by atoms with Crippen LogP contribution in [0.2, 0.25) is 0 Å². The molecule has 7 heteroatoms. The molecule has 20 heavy (non-hydrogen) atoms. The van der Waals surface area contributed by atoms with Gasteiger partial charge in [-0.25, -0.2) is 4.79 Å². The summed E-state index contributed by atoms with van der Waals surface area (Å²) in [6, 6.07) is 0. The molecular formula is C13H20N2O5. The SMILES string of the molecule is CCC(=O)NCCCCCC(=O)ON1C(=O)CCC1=O. The third-order valence-electron chi connectivity index (χ3n) is 2.90. The van der Waals surface area contributed by atoms with Crippen LogP contribution in [0.4, 0.5) is 0 Å². The van der Waals surface area contributed by atoms with Crippen LogP contribution in [0, 0.1) is 0 Å². The van der Waals surface area contributed by atoms with E-state index in [0.29, 0.717) is 24.4 Å². The van der Waals surface area contributed by atoms with Gasteiger partial charge in [0.25, 0.3) is 11.8 Å². The van der Waals surface area contributed by atoms with Gasteiger partial charge in [-0.05, 0) is 12.8 Å². The number of nitrogens with one attached hydrogen (secondary N) is 1. The number of nitrogens with zero attached hydrogens (tertiary/aromatic N) is 1. The van der Waals surface area contributed by atoms with Crippen molar-refractivity contribution in [2.45, 2.75) is 51.9 Å². The maximum atomic E-state index is 11.4. The van der Waals surface area contributed by atoms with Crippen LogP contribution in [0.5, 0.6) is 0 Å². The first-order chi connectivity index (χ1) is 9.54. The summed E-state index contributed by atoms with van der Waals surface area (Å²) in [7, 11) is 0. The normalized spacial score (nSPS) is 14.6. The number of hydroxylamine groups is 2. The zero-order valence-corrected chi connectivity index (χ0v) is 11.6. The van der Waals surface area contributed by atoms with Crippen molar-refractivity contribution >= 4 is 23.7 Å². The summed E-state index contributed by atoms with van der Waals surface area (Å²) < 4.78 is 0. The molecule has 1 rings (SSSR count). The lowest BCUT2D eigenvalue weighted by molar-refractivity contribution is -0.197. The van der Waals surface area contributed by atoms with E-state index in [1.165, 1.54) is 0 Å². The maximum Gasteiger partial charge on any atom is 0.333 e. The van der Waals surface area contributed by atoms with Crippen molar-refractivity contribution in [1.29, 1.82) is 0 Å². The van der Waals surface area contributed by atoms with Crippen molar-refractivity contribution in [3.05, 3.63) is 0 Å². The molecule has 0 aromatic rings. The Bertz CT molecular complexity index is 378. The monoisotopic (exact) mass is 284 g/mol. The first-order valence-electron chi connectivity index (χ1n) is 6.88. The minimum absolute atomic E-state index is 0.00969. The van der Waals surface area contributed by atoms with Crippen molar-refractivity contribution in [3.8, 4) is 0 Å². The van der Waals surface area contributed by atoms with Crippen LogP contribution in [0.3, 0.4) is 0 Å². The molecule has 0 unspecified atom stereocenters. The Balaban J connectivity index is 2.07. The molecule has 0 saturated carbocycles.